The zero-order valence-electron chi connectivity index (χ0n) is 15.0. The molecule has 2 unspecified atom stereocenters. The molecule has 0 saturated carbocycles. The molecule has 3 rings (SSSR count). The lowest BCUT2D eigenvalue weighted by molar-refractivity contribution is -0.145. The molecule has 0 amide bonds. The molecule has 0 aromatic heterocycles. The van der Waals surface area contributed by atoms with Crippen molar-refractivity contribution in [1.29, 1.82) is 0 Å². The van der Waals surface area contributed by atoms with Crippen LogP contribution in [0.1, 0.15) is 42.0 Å². The van der Waals surface area contributed by atoms with Gasteiger partial charge in [0.1, 0.15) is 6.04 Å². The van der Waals surface area contributed by atoms with Gasteiger partial charge in [0.2, 0.25) is 0 Å². The molecule has 9 heteroatoms. The predicted molar refractivity (Wildman–Crippen MR) is 107 cm³/mol. The van der Waals surface area contributed by atoms with Crippen molar-refractivity contribution in [3.05, 3.63) is 68.2 Å². The lowest BCUT2D eigenvalue weighted by Crippen LogP contribution is -2.47. The van der Waals surface area contributed by atoms with Crippen LogP contribution < -0.4 is 0 Å². The number of carbonyl (C=O) groups is 1. The molecule has 0 spiro atoms. The summed E-state index contributed by atoms with van der Waals surface area (Å²) in [7, 11) is 0. The summed E-state index contributed by atoms with van der Waals surface area (Å²) in [5, 5.41) is 9.69. The van der Waals surface area contributed by atoms with Crippen LogP contribution in [0.2, 0.25) is 15.1 Å². The Morgan fingerprint density at radius 1 is 1.10 bits per heavy atom. The molecular weight excluding hydrogens is 450 g/mol. The van der Waals surface area contributed by atoms with Crippen LogP contribution in [0.5, 0.6) is 0 Å². The van der Waals surface area contributed by atoms with Gasteiger partial charge in [-0.3, -0.25) is 9.69 Å². The first kappa shape index (κ1) is 22.2. The molecular formula is C20H17Cl3F3NO2. The van der Waals surface area contributed by atoms with Crippen molar-refractivity contribution in [2.24, 2.45) is 0 Å². The van der Waals surface area contributed by atoms with Gasteiger partial charge in [0, 0.05) is 0 Å². The molecule has 2 aromatic rings. The molecule has 1 N–H and O–H groups in total. The molecule has 0 radical (unpaired) electrons. The number of piperidine rings is 1. The number of hydrogen-bond donors (Lipinski definition) is 1. The molecule has 1 aliphatic heterocycles. The number of likely N-dealkylation sites (tertiary alicyclic amines) is 1. The summed E-state index contributed by atoms with van der Waals surface area (Å²) in [5.41, 5.74) is -0.287. The molecule has 1 heterocycles. The molecule has 1 saturated heterocycles. The van der Waals surface area contributed by atoms with Gasteiger partial charge in [-0.25, -0.2) is 0 Å². The van der Waals surface area contributed by atoms with Crippen molar-refractivity contribution in [3.8, 4) is 0 Å². The van der Waals surface area contributed by atoms with Crippen molar-refractivity contribution in [3.63, 3.8) is 0 Å². The second-order valence-electron chi connectivity index (χ2n) is 6.87. The van der Waals surface area contributed by atoms with Gasteiger partial charge in [-0.05, 0) is 48.7 Å². The van der Waals surface area contributed by atoms with Crippen molar-refractivity contribution >= 4 is 40.8 Å². The number of benzene rings is 2. The first-order chi connectivity index (χ1) is 13.6. The van der Waals surface area contributed by atoms with Gasteiger partial charge >= 0.3 is 12.1 Å². The van der Waals surface area contributed by atoms with Crippen LogP contribution in [0.4, 0.5) is 13.2 Å². The number of rotatable bonds is 4. The average Bonchev–Trinajstić information content (AvgIpc) is 2.66. The minimum atomic E-state index is -4.65. The summed E-state index contributed by atoms with van der Waals surface area (Å²) >= 11 is 18.3. The minimum Gasteiger partial charge on any atom is -0.480 e. The van der Waals surface area contributed by atoms with E-state index in [2.05, 4.69) is 0 Å². The van der Waals surface area contributed by atoms with Crippen LogP contribution in [0.3, 0.4) is 0 Å². The first-order valence-corrected chi connectivity index (χ1v) is 10.0. The Balaban J connectivity index is 2.21. The molecule has 1 aliphatic rings. The van der Waals surface area contributed by atoms with Gasteiger partial charge in [0.25, 0.3) is 0 Å². The summed E-state index contributed by atoms with van der Waals surface area (Å²) < 4.78 is 40.3. The predicted octanol–water partition coefficient (Wildman–Crippen LogP) is 6.69. The summed E-state index contributed by atoms with van der Waals surface area (Å²) in [5.74, 6) is -1.03. The molecule has 0 aliphatic carbocycles. The molecule has 1 fully saturated rings. The monoisotopic (exact) mass is 465 g/mol. The summed E-state index contributed by atoms with van der Waals surface area (Å²) in [6.07, 6.45) is -2.82. The van der Waals surface area contributed by atoms with E-state index in [1.807, 2.05) is 0 Å². The number of carboxylic acids is 1. The van der Waals surface area contributed by atoms with Gasteiger partial charge in [-0.1, -0.05) is 59.4 Å². The third-order valence-electron chi connectivity index (χ3n) is 5.05. The molecule has 156 valence electrons. The van der Waals surface area contributed by atoms with Gasteiger partial charge < -0.3 is 5.11 Å². The number of halogens is 6. The highest BCUT2D eigenvalue weighted by Crippen LogP contribution is 2.42. The fourth-order valence-corrected chi connectivity index (χ4v) is 4.38. The highest BCUT2D eigenvalue weighted by atomic mass is 35.5. The van der Waals surface area contributed by atoms with Gasteiger partial charge in [0.05, 0.1) is 26.7 Å². The van der Waals surface area contributed by atoms with E-state index in [4.69, 9.17) is 34.8 Å². The highest BCUT2D eigenvalue weighted by molar-refractivity contribution is 6.42. The summed E-state index contributed by atoms with van der Waals surface area (Å²) in [6.45, 7) is 0.397. The Kier molecular flexibility index (Phi) is 6.68. The normalized spacial score (nSPS) is 19.2. The van der Waals surface area contributed by atoms with Crippen LogP contribution in [-0.2, 0) is 11.0 Å². The Morgan fingerprint density at radius 3 is 2.48 bits per heavy atom. The van der Waals surface area contributed by atoms with Gasteiger partial charge in [0.15, 0.2) is 0 Å². The fraction of sp³-hybridized carbons (Fsp3) is 0.350. The summed E-state index contributed by atoms with van der Waals surface area (Å²) in [6, 6.07) is 6.77. The Hall–Kier alpha value is -1.47. The second kappa shape index (κ2) is 8.72. The van der Waals surface area contributed by atoms with Crippen LogP contribution in [0, 0.1) is 0 Å². The number of alkyl halides is 3. The molecule has 0 bridgehead atoms. The van der Waals surface area contributed by atoms with Crippen LogP contribution in [-0.4, -0.2) is 28.6 Å². The molecule has 3 nitrogen and oxygen atoms in total. The van der Waals surface area contributed by atoms with Crippen molar-refractivity contribution < 1.29 is 23.1 Å². The minimum absolute atomic E-state index is 0.178. The van der Waals surface area contributed by atoms with E-state index in [1.54, 1.807) is 23.1 Å². The quantitative estimate of drug-likeness (QED) is 0.545. The number of aliphatic carboxylic acids is 1. The van der Waals surface area contributed by atoms with Crippen LogP contribution >= 0.6 is 34.8 Å². The largest absolute Gasteiger partial charge is 0.480 e. The maximum atomic E-state index is 13.4. The number of hydrogen-bond acceptors (Lipinski definition) is 2. The lowest BCUT2D eigenvalue weighted by atomic mass is 9.91. The first-order valence-electron chi connectivity index (χ1n) is 8.90. The van der Waals surface area contributed by atoms with Crippen molar-refractivity contribution in [1.82, 2.24) is 4.90 Å². The maximum Gasteiger partial charge on any atom is 0.417 e. The van der Waals surface area contributed by atoms with E-state index >= 15 is 0 Å². The molecule has 2 aromatic carbocycles. The zero-order valence-corrected chi connectivity index (χ0v) is 17.3. The van der Waals surface area contributed by atoms with Crippen LogP contribution in [0.15, 0.2) is 36.4 Å². The van der Waals surface area contributed by atoms with Gasteiger partial charge in [-0.15, -0.1) is 0 Å². The SMILES string of the molecule is O=C(O)C1CCCCN1C(c1ccc(Cl)c(C(F)(F)F)c1)c1cccc(Cl)c1Cl. The lowest BCUT2D eigenvalue weighted by Gasteiger charge is -2.40. The van der Waals surface area contributed by atoms with Crippen LogP contribution in [0.25, 0.3) is 0 Å². The van der Waals surface area contributed by atoms with E-state index < -0.39 is 34.8 Å². The van der Waals surface area contributed by atoms with Crippen molar-refractivity contribution in [2.75, 3.05) is 6.54 Å². The average molecular weight is 467 g/mol. The Bertz CT molecular complexity index is 920. The summed E-state index contributed by atoms with van der Waals surface area (Å²) in [4.78, 5) is 13.5. The topological polar surface area (TPSA) is 40.5 Å². The number of nitrogens with zero attached hydrogens (tertiary/aromatic N) is 1. The zero-order chi connectivity index (χ0) is 21.3. The van der Waals surface area contributed by atoms with E-state index in [0.717, 1.165) is 18.9 Å². The van der Waals surface area contributed by atoms with Gasteiger partial charge in [-0.2, -0.15) is 13.2 Å². The highest BCUT2D eigenvalue weighted by Gasteiger charge is 2.38. The standard InChI is InChI=1S/C20H17Cl3F3NO2/c21-14-8-7-11(10-13(14)20(24,25)26)18(12-4-3-5-15(22)17(12)23)27-9-2-1-6-16(27)19(28)29/h3-5,7-8,10,16,18H,1-2,6,9H2,(H,28,29). The maximum absolute atomic E-state index is 13.4. The van der Waals surface area contributed by atoms with E-state index in [9.17, 15) is 23.1 Å². The Morgan fingerprint density at radius 2 is 1.83 bits per heavy atom. The number of carboxylic acid groups (broad SMARTS) is 1. The molecule has 29 heavy (non-hydrogen) atoms. The second-order valence-corrected chi connectivity index (χ2v) is 8.06. The van der Waals surface area contributed by atoms with E-state index in [1.165, 1.54) is 12.1 Å². The smallest absolute Gasteiger partial charge is 0.417 e. The third kappa shape index (κ3) is 4.66. The van der Waals surface area contributed by atoms with Crippen molar-refractivity contribution in [2.45, 2.75) is 37.5 Å². The van der Waals surface area contributed by atoms with E-state index in [0.29, 0.717) is 18.5 Å². The third-order valence-corrected chi connectivity index (χ3v) is 6.21. The fourth-order valence-electron chi connectivity index (χ4n) is 3.74. The molecule has 2 atom stereocenters. The Labute approximate surface area is 181 Å². The van der Waals surface area contributed by atoms with E-state index in [-0.39, 0.29) is 15.6 Å².